The standard InChI is InChI=1S/C52H30/c1-3-7-37-29-39(11-9-31(37)5-1)41-21-13-33-19-27-47-43(23-15-35-17-25-45(41)49(33)51(35)47)44-24-16-36-18-26-46-42(22-14-34-20-28-48(44)52(36)50(34)46)40-12-10-32-6-2-4-8-38(32)30-40/h1-30H. The Hall–Kier alpha value is -6.76. The fraction of sp³-hybridized carbons (Fsp3) is 0. The summed E-state index contributed by atoms with van der Waals surface area (Å²) in [6, 6.07) is 68.2. The fourth-order valence-corrected chi connectivity index (χ4v) is 9.29. The lowest BCUT2D eigenvalue weighted by molar-refractivity contribution is 1.69. The lowest BCUT2D eigenvalue weighted by Gasteiger charge is -2.19. The average molecular weight is 655 g/mol. The number of rotatable bonds is 3. The maximum Gasteiger partial charge on any atom is -0.00203 e. The molecular formula is C52H30. The maximum atomic E-state index is 2.35. The maximum absolute atomic E-state index is 2.35. The Balaban J connectivity index is 1.10. The quantitative estimate of drug-likeness (QED) is 0.166. The van der Waals surface area contributed by atoms with Crippen LogP contribution in [-0.2, 0) is 0 Å². The molecule has 0 spiro atoms. The van der Waals surface area contributed by atoms with Crippen molar-refractivity contribution >= 4 is 86.2 Å². The van der Waals surface area contributed by atoms with Crippen molar-refractivity contribution < 1.29 is 0 Å². The monoisotopic (exact) mass is 654 g/mol. The largest absolute Gasteiger partial charge is 0.0616 e. The van der Waals surface area contributed by atoms with Gasteiger partial charge in [-0.2, -0.15) is 0 Å². The zero-order valence-corrected chi connectivity index (χ0v) is 28.3. The van der Waals surface area contributed by atoms with Crippen molar-refractivity contribution in [3.05, 3.63) is 182 Å². The van der Waals surface area contributed by atoms with Crippen LogP contribution in [0.4, 0.5) is 0 Å². The van der Waals surface area contributed by atoms with Gasteiger partial charge in [-0.25, -0.2) is 0 Å². The van der Waals surface area contributed by atoms with E-state index >= 15 is 0 Å². The molecule has 0 fully saturated rings. The topological polar surface area (TPSA) is 0 Å². The van der Waals surface area contributed by atoms with E-state index < -0.39 is 0 Å². The van der Waals surface area contributed by atoms with Gasteiger partial charge in [0.1, 0.15) is 0 Å². The van der Waals surface area contributed by atoms with E-state index in [0.717, 1.165) is 0 Å². The molecule has 0 atom stereocenters. The van der Waals surface area contributed by atoms with Crippen LogP contribution >= 0.6 is 0 Å². The van der Waals surface area contributed by atoms with Crippen LogP contribution in [0.1, 0.15) is 0 Å². The van der Waals surface area contributed by atoms with Gasteiger partial charge in [-0.15, -0.1) is 0 Å². The molecule has 0 aliphatic carbocycles. The fourth-order valence-electron chi connectivity index (χ4n) is 9.29. The zero-order valence-electron chi connectivity index (χ0n) is 28.3. The van der Waals surface area contributed by atoms with Crippen LogP contribution in [-0.4, -0.2) is 0 Å². The molecule has 0 heterocycles. The van der Waals surface area contributed by atoms with Crippen molar-refractivity contribution in [3.63, 3.8) is 0 Å². The van der Waals surface area contributed by atoms with Gasteiger partial charge in [0.2, 0.25) is 0 Å². The highest BCUT2D eigenvalue weighted by atomic mass is 14.2. The molecule has 0 amide bonds. The molecule has 12 aromatic rings. The molecule has 52 heavy (non-hydrogen) atoms. The van der Waals surface area contributed by atoms with Crippen LogP contribution in [0.5, 0.6) is 0 Å². The number of hydrogen-bond donors (Lipinski definition) is 0. The van der Waals surface area contributed by atoms with Gasteiger partial charge in [0.15, 0.2) is 0 Å². The first-order valence-electron chi connectivity index (χ1n) is 18.2. The molecule has 0 bridgehead atoms. The van der Waals surface area contributed by atoms with Gasteiger partial charge in [-0.1, -0.05) is 170 Å². The van der Waals surface area contributed by atoms with Gasteiger partial charge in [0.25, 0.3) is 0 Å². The first-order valence-corrected chi connectivity index (χ1v) is 18.2. The first-order chi connectivity index (χ1) is 25.8. The summed E-state index contributed by atoms with van der Waals surface area (Å²) >= 11 is 0. The minimum absolute atomic E-state index is 1.26. The second-order valence-electron chi connectivity index (χ2n) is 14.4. The Bertz CT molecular complexity index is 3170. The number of hydrogen-bond acceptors (Lipinski definition) is 0. The molecule has 0 unspecified atom stereocenters. The lowest BCUT2D eigenvalue weighted by Crippen LogP contribution is -1.92. The van der Waals surface area contributed by atoms with Gasteiger partial charge < -0.3 is 0 Å². The van der Waals surface area contributed by atoms with E-state index in [-0.39, 0.29) is 0 Å². The summed E-state index contributed by atoms with van der Waals surface area (Å²) in [5.74, 6) is 0. The Morgan fingerprint density at radius 1 is 0.192 bits per heavy atom. The minimum Gasteiger partial charge on any atom is -0.0616 e. The molecule has 0 nitrogen and oxygen atoms in total. The molecule has 12 rings (SSSR count). The molecule has 0 saturated heterocycles. The summed E-state index contributed by atoms with van der Waals surface area (Å²) < 4.78 is 0. The number of benzene rings is 12. The zero-order chi connectivity index (χ0) is 33.9. The summed E-state index contributed by atoms with van der Waals surface area (Å²) in [4.78, 5) is 0. The minimum atomic E-state index is 1.26. The van der Waals surface area contributed by atoms with Crippen molar-refractivity contribution in [1.82, 2.24) is 0 Å². The van der Waals surface area contributed by atoms with E-state index in [2.05, 4.69) is 182 Å². The van der Waals surface area contributed by atoms with Gasteiger partial charge in [0.05, 0.1) is 0 Å². The molecule has 0 aromatic heterocycles. The third kappa shape index (κ3) is 3.87. The molecule has 0 heteroatoms. The van der Waals surface area contributed by atoms with Gasteiger partial charge >= 0.3 is 0 Å². The highest BCUT2D eigenvalue weighted by molar-refractivity contribution is 6.31. The van der Waals surface area contributed by atoms with Crippen LogP contribution in [0.3, 0.4) is 0 Å². The molecule has 0 N–H and O–H groups in total. The normalized spacial score (nSPS) is 12.2. The first kappa shape index (κ1) is 28.0. The van der Waals surface area contributed by atoms with Crippen LogP contribution in [0.2, 0.25) is 0 Å². The SMILES string of the molecule is c1ccc2cc(-c3ccc4ccc5c(-c6ccc7ccc8c(-c9ccc%10ccccc%10c9)ccc9ccc6c7c98)ccc6ccc3c4c65)ccc2c1. The smallest absolute Gasteiger partial charge is 0.00203 e. The van der Waals surface area contributed by atoms with Crippen molar-refractivity contribution in [2.24, 2.45) is 0 Å². The molecule has 0 saturated carbocycles. The molecule has 238 valence electrons. The second kappa shape index (κ2) is 10.4. The second-order valence-corrected chi connectivity index (χ2v) is 14.4. The summed E-state index contributed by atoms with van der Waals surface area (Å²) in [5, 5.41) is 20.8. The molecular weight excluding hydrogens is 625 g/mol. The summed E-state index contributed by atoms with van der Waals surface area (Å²) in [7, 11) is 0. The van der Waals surface area contributed by atoms with Crippen molar-refractivity contribution in [2.75, 3.05) is 0 Å². The van der Waals surface area contributed by atoms with E-state index in [1.165, 1.54) is 120 Å². The van der Waals surface area contributed by atoms with Crippen LogP contribution in [0.15, 0.2) is 182 Å². The third-order valence-electron chi connectivity index (χ3n) is 11.7. The Kier molecular flexibility index (Phi) is 5.59. The van der Waals surface area contributed by atoms with Gasteiger partial charge in [0, 0.05) is 0 Å². The van der Waals surface area contributed by atoms with E-state index in [4.69, 9.17) is 0 Å². The van der Waals surface area contributed by atoms with Crippen LogP contribution < -0.4 is 0 Å². The lowest BCUT2D eigenvalue weighted by atomic mass is 9.84. The van der Waals surface area contributed by atoms with Crippen molar-refractivity contribution in [1.29, 1.82) is 0 Å². The van der Waals surface area contributed by atoms with Crippen molar-refractivity contribution in [2.45, 2.75) is 0 Å². The van der Waals surface area contributed by atoms with E-state index in [1.54, 1.807) is 0 Å². The molecule has 0 aliphatic rings. The molecule has 12 aromatic carbocycles. The highest BCUT2D eigenvalue weighted by Gasteiger charge is 2.19. The Morgan fingerprint density at radius 2 is 0.481 bits per heavy atom. The summed E-state index contributed by atoms with van der Waals surface area (Å²) in [6.45, 7) is 0. The predicted molar refractivity (Wildman–Crippen MR) is 225 cm³/mol. The summed E-state index contributed by atoms with van der Waals surface area (Å²) in [5.41, 5.74) is 7.64. The number of fused-ring (bicyclic) bond motifs is 2. The van der Waals surface area contributed by atoms with Crippen LogP contribution in [0.25, 0.3) is 120 Å². The van der Waals surface area contributed by atoms with E-state index in [1.807, 2.05) is 0 Å². The van der Waals surface area contributed by atoms with Gasteiger partial charge in [-0.05, 0) is 132 Å². The Morgan fingerprint density at radius 3 is 0.865 bits per heavy atom. The average Bonchev–Trinajstić information content (AvgIpc) is 3.21. The van der Waals surface area contributed by atoms with E-state index in [9.17, 15) is 0 Å². The third-order valence-corrected chi connectivity index (χ3v) is 11.7. The molecule has 0 aliphatic heterocycles. The molecule has 0 radical (unpaired) electrons. The van der Waals surface area contributed by atoms with Crippen molar-refractivity contribution in [3.8, 4) is 33.4 Å². The highest BCUT2D eigenvalue weighted by Crippen LogP contribution is 2.46. The summed E-state index contributed by atoms with van der Waals surface area (Å²) in [6.07, 6.45) is 0. The van der Waals surface area contributed by atoms with Gasteiger partial charge in [-0.3, -0.25) is 0 Å². The van der Waals surface area contributed by atoms with Crippen LogP contribution in [0, 0.1) is 0 Å². The Labute approximate surface area is 300 Å². The predicted octanol–water partition coefficient (Wildman–Crippen LogP) is 14.8. The van der Waals surface area contributed by atoms with E-state index in [0.29, 0.717) is 0 Å².